The van der Waals surface area contributed by atoms with Gasteiger partial charge in [-0.25, -0.2) is 0 Å². The van der Waals surface area contributed by atoms with Crippen molar-refractivity contribution in [3.63, 3.8) is 0 Å². The Labute approximate surface area is 103 Å². The molecule has 4 atom stereocenters. The van der Waals surface area contributed by atoms with Crippen molar-refractivity contribution >= 4 is 5.97 Å². The maximum absolute atomic E-state index is 11.0. The van der Waals surface area contributed by atoms with Crippen molar-refractivity contribution in [3.8, 4) is 0 Å². The predicted molar refractivity (Wildman–Crippen MR) is 65.5 cm³/mol. The molecule has 0 unspecified atom stereocenters. The van der Waals surface area contributed by atoms with Gasteiger partial charge in [-0.15, -0.1) is 0 Å². The molecule has 0 radical (unpaired) electrons. The summed E-state index contributed by atoms with van der Waals surface area (Å²) in [7, 11) is 0. The fourth-order valence-corrected chi connectivity index (χ4v) is 3.35. The van der Waals surface area contributed by atoms with E-state index in [2.05, 4.69) is 26.8 Å². The lowest BCUT2D eigenvalue weighted by molar-refractivity contribution is -0.162. The van der Waals surface area contributed by atoms with Crippen LogP contribution in [-0.4, -0.2) is 25.8 Å². The molecule has 0 saturated carbocycles. The van der Waals surface area contributed by atoms with E-state index in [9.17, 15) is 4.79 Å². The Morgan fingerprint density at radius 1 is 1.59 bits per heavy atom. The Morgan fingerprint density at radius 3 is 2.94 bits per heavy atom. The van der Waals surface area contributed by atoms with Gasteiger partial charge in [-0.1, -0.05) is 25.5 Å². The van der Waals surface area contributed by atoms with E-state index in [0.29, 0.717) is 31.0 Å². The second kappa shape index (κ2) is 4.45. The molecular formula is C14H22O3. The van der Waals surface area contributed by atoms with Crippen LogP contribution in [0.1, 0.15) is 27.7 Å². The number of hydrogen-bond donors (Lipinski definition) is 0. The molecule has 3 nitrogen and oxygen atoms in total. The molecule has 2 rings (SSSR count). The van der Waals surface area contributed by atoms with Crippen LogP contribution in [-0.2, 0) is 14.3 Å². The predicted octanol–water partition coefficient (Wildman–Crippen LogP) is 2.41. The quantitative estimate of drug-likeness (QED) is 0.547. The van der Waals surface area contributed by atoms with Gasteiger partial charge in [0.1, 0.15) is 0 Å². The first-order chi connectivity index (χ1) is 7.97. The number of hydrogen-bond acceptors (Lipinski definition) is 3. The number of rotatable bonds is 2. The van der Waals surface area contributed by atoms with Crippen molar-refractivity contribution < 1.29 is 14.3 Å². The van der Waals surface area contributed by atoms with Crippen molar-refractivity contribution in [3.05, 3.63) is 11.6 Å². The molecule has 0 aromatic carbocycles. The first-order valence-corrected chi connectivity index (χ1v) is 6.37. The third-order valence-electron chi connectivity index (χ3n) is 4.73. The number of allylic oxidation sites excluding steroid dienone is 1. The smallest absolute Gasteiger partial charge is 0.302 e. The van der Waals surface area contributed by atoms with E-state index in [1.54, 1.807) is 0 Å². The molecule has 96 valence electrons. The fourth-order valence-electron chi connectivity index (χ4n) is 3.35. The summed E-state index contributed by atoms with van der Waals surface area (Å²) in [6.45, 7) is 10.1. The highest BCUT2D eigenvalue weighted by Gasteiger charge is 2.50. The molecule has 1 aliphatic carbocycles. The van der Waals surface area contributed by atoms with Gasteiger partial charge in [-0.3, -0.25) is 4.79 Å². The lowest BCUT2D eigenvalue weighted by atomic mass is 9.58. The lowest BCUT2D eigenvalue weighted by Crippen LogP contribution is -2.53. The van der Waals surface area contributed by atoms with E-state index in [1.165, 1.54) is 12.5 Å². The number of carbonyl (C=O) groups is 1. The second-order valence-corrected chi connectivity index (χ2v) is 5.62. The Morgan fingerprint density at radius 2 is 2.29 bits per heavy atom. The van der Waals surface area contributed by atoms with Crippen molar-refractivity contribution in [2.45, 2.75) is 27.7 Å². The summed E-state index contributed by atoms with van der Waals surface area (Å²) in [6, 6.07) is 0. The maximum atomic E-state index is 11.0. The number of fused-ring (bicyclic) bond motifs is 2. The summed E-state index contributed by atoms with van der Waals surface area (Å²) in [4.78, 5) is 11.0. The van der Waals surface area contributed by atoms with Crippen molar-refractivity contribution in [2.24, 2.45) is 23.2 Å². The Hall–Kier alpha value is -0.830. The van der Waals surface area contributed by atoms with Crippen molar-refractivity contribution in [1.29, 1.82) is 0 Å². The van der Waals surface area contributed by atoms with Gasteiger partial charge in [-0.2, -0.15) is 0 Å². The Bertz CT molecular complexity index is 347. The molecule has 1 fully saturated rings. The van der Waals surface area contributed by atoms with Crippen LogP contribution in [0.4, 0.5) is 0 Å². The van der Waals surface area contributed by atoms with Crippen LogP contribution < -0.4 is 0 Å². The van der Waals surface area contributed by atoms with Crippen LogP contribution in [0, 0.1) is 23.2 Å². The van der Waals surface area contributed by atoms with Gasteiger partial charge in [0.25, 0.3) is 0 Å². The zero-order valence-electron chi connectivity index (χ0n) is 11.2. The summed E-state index contributed by atoms with van der Waals surface area (Å²) in [5.41, 5.74) is 1.39. The summed E-state index contributed by atoms with van der Waals surface area (Å²) in [6.07, 6.45) is 2.33. The molecule has 0 aromatic rings. The zero-order chi connectivity index (χ0) is 12.6. The van der Waals surface area contributed by atoms with E-state index in [1.807, 2.05) is 0 Å². The third-order valence-corrected chi connectivity index (χ3v) is 4.73. The fraction of sp³-hybridized carbons (Fsp3) is 0.786. The van der Waals surface area contributed by atoms with Crippen LogP contribution >= 0.6 is 0 Å². The molecule has 1 heterocycles. The van der Waals surface area contributed by atoms with Crippen LogP contribution in [0.3, 0.4) is 0 Å². The van der Waals surface area contributed by atoms with Crippen molar-refractivity contribution in [2.75, 3.05) is 19.8 Å². The van der Waals surface area contributed by atoms with Crippen LogP contribution in [0.2, 0.25) is 0 Å². The summed E-state index contributed by atoms with van der Waals surface area (Å²) in [5, 5.41) is 0. The summed E-state index contributed by atoms with van der Waals surface area (Å²) in [5.74, 6) is 1.19. The zero-order valence-corrected chi connectivity index (χ0v) is 11.2. The van der Waals surface area contributed by atoms with E-state index in [0.717, 1.165) is 6.61 Å². The number of ether oxygens (including phenoxy) is 2. The standard InChI is InChI=1S/C14H22O3/c1-9-5-10(2)14(8-17-12(4)15)7-16-6-13(9)11(14)3/h5,10-11,13H,6-8H2,1-4H3/t10-,11-,13+,14+/m0/s1. The van der Waals surface area contributed by atoms with E-state index < -0.39 is 0 Å². The van der Waals surface area contributed by atoms with Gasteiger partial charge >= 0.3 is 5.97 Å². The van der Waals surface area contributed by atoms with Gasteiger partial charge in [-0.05, 0) is 18.8 Å². The highest BCUT2D eigenvalue weighted by molar-refractivity contribution is 5.65. The normalized spacial score (nSPS) is 40.7. The average molecular weight is 238 g/mol. The van der Waals surface area contributed by atoms with Crippen LogP contribution in [0.15, 0.2) is 11.6 Å². The van der Waals surface area contributed by atoms with Gasteiger partial charge in [0, 0.05) is 18.3 Å². The highest BCUT2D eigenvalue weighted by Crippen LogP contribution is 2.50. The number of carbonyl (C=O) groups excluding carboxylic acids is 1. The second-order valence-electron chi connectivity index (χ2n) is 5.62. The molecular weight excluding hydrogens is 216 g/mol. The van der Waals surface area contributed by atoms with Gasteiger partial charge in [0.15, 0.2) is 0 Å². The topological polar surface area (TPSA) is 35.5 Å². The number of esters is 1. The highest BCUT2D eigenvalue weighted by atomic mass is 16.5. The van der Waals surface area contributed by atoms with Crippen LogP contribution in [0.25, 0.3) is 0 Å². The minimum atomic E-state index is -0.202. The molecule has 2 bridgehead atoms. The van der Waals surface area contributed by atoms with Gasteiger partial charge < -0.3 is 9.47 Å². The van der Waals surface area contributed by atoms with Gasteiger partial charge in [0.05, 0.1) is 19.8 Å². The molecule has 2 aliphatic rings. The lowest BCUT2D eigenvalue weighted by Gasteiger charge is -2.52. The SMILES string of the molecule is CC(=O)OC[C@]12COC[C@H](C(C)=C[C@@H]1C)[C@@H]2C. The average Bonchev–Trinajstić information content (AvgIpc) is 2.25. The Balaban J connectivity index is 2.26. The molecule has 0 N–H and O–H groups in total. The van der Waals surface area contributed by atoms with Gasteiger partial charge in [0.2, 0.25) is 0 Å². The minimum absolute atomic E-state index is 0.0336. The molecule has 0 aromatic heterocycles. The molecule has 0 spiro atoms. The minimum Gasteiger partial charge on any atom is -0.465 e. The monoisotopic (exact) mass is 238 g/mol. The summed E-state index contributed by atoms with van der Waals surface area (Å²) < 4.78 is 11.0. The first-order valence-electron chi connectivity index (χ1n) is 6.37. The first kappa shape index (κ1) is 12.6. The molecule has 17 heavy (non-hydrogen) atoms. The van der Waals surface area contributed by atoms with E-state index >= 15 is 0 Å². The van der Waals surface area contributed by atoms with Crippen LogP contribution in [0.5, 0.6) is 0 Å². The Kier molecular flexibility index (Phi) is 3.30. The molecule has 1 saturated heterocycles. The van der Waals surface area contributed by atoms with E-state index in [-0.39, 0.29) is 11.4 Å². The molecule has 0 amide bonds. The van der Waals surface area contributed by atoms with E-state index in [4.69, 9.17) is 9.47 Å². The summed E-state index contributed by atoms with van der Waals surface area (Å²) >= 11 is 0. The molecule has 3 heteroatoms. The van der Waals surface area contributed by atoms with Crippen molar-refractivity contribution in [1.82, 2.24) is 0 Å². The third kappa shape index (κ3) is 2.01. The maximum Gasteiger partial charge on any atom is 0.302 e. The largest absolute Gasteiger partial charge is 0.465 e. The molecule has 1 aliphatic heterocycles.